The van der Waals surface area contributed by atoms with Gasteiger partial charge in [-0.2, -0.15) is 0 Å². The van der Waals surface area contributed by atoms with E-state index < -0.39 is 0 Å². The summed E-state index contributed by atoms with van der Waals surface area (Å²) < 4.78 is 13.5. The Bertz CT molecular complexity index is 558. The quantitative estimate of drug-likeness (QED) is 0.901. The first-order valence-electron chi connectivity index (χ1n) is 6.28. The Hall–Kier alpha value is -1.45. The summed E-state index contributed by atoms with van der Waals surface area (Å²) in [6.07, 6.45) is 2.71. The van der Waals surface area contributed by atoms with Gasteiger partial charge in [0, 0.05) is 29.9 Å². The molecular formula is C15H16ClFN2. The first-order chi connectivity index (χ1) is 9.20. The fraction of sp³-hybridized carbons (Fsp3) is 0.267. The third-order valence-electron chi connectivity index (χ3n) is 2.98. The molecule has 2 rings (SSSR count). The Morgan fingerprint density at radius 1 is 1.21 bits per heavy atom. The molecule has 0 unspecified atom stereocenters. The molecule has 0 atom stereocenters. The van der Waals surface area contributed by atoms with Crippen LogP contribution >= 0.6 is 11.6 Å². The Labute approximate surface area is 117 Å². The van der Waals surface area contributed by atoms with Gasteiger partial charge in [-0.1, -0.05) is 24.6 Å². The van der Waals surface area contributed by atoms with Crippen molar-refractivity contribution in [3.05, 3.63) is 64.2 Å². The second-order valence-corrected chi connectivity index (χ2v) is 4.74. The predicted octanol–water partition coefficient (Wildman–Crippen LogP) is 3.73. The summed E-state index contributed by atoms with van der Waals surface area (Å²) in [5.41, 5.74) is 2.79. The molecule has 1 heterocycles. The van der Waals surface area contributed by atoms with Crippen LogP contribution in [0.3, 0.4) is 0 Å². The van der Waals surface area contributed by atoms with Gasteiger partial charge in [-0.3, -0.25) is 4.98 Å². The largest absolute Gasteiger partial charge is 0.307 e. The minimum Gasteiger partial charge on any atom is -0.307 e. The van der Waals surface area contributed by atoms with Crippen molar-refractivity contribution in [3.8, 4) is 0 Å². The zero-order valence-corrected chi connectivity index (χ0v) is 11.5. The van der Waals surface area contributed by atoms with Crippen LogP contribution in [0.2, 0.25) is 5.02 Å². The molecule has 0 radical (unpaired) electrons. The molecule has 0 aliphatic carbocycles. The van der Waals surface area contributed by atoms with Crippen molar-refractivity contribution < 1.29 is 4.39 Å². The number of benzene rings is 1. The molecule has 1 aromatic carbocycles. The number of nitrogens with one attached hydrogen (secondary N) is 1. The van der Waals surface area contributed by atoms with Crippen molar-refractivity contribution in [3.63, 3.8) is 0 Å². The second-order valence-electron chi connectivity index (χ2n) is 4.30. The van der Waals surface area contributed by atoms with Crippen LogP contribution in [0, 0.1) is 5.82 Å². The lowest BCUT2D eigenvalue weighted by molar-refractivity contribution is 0.585. The minimum absolute atomic E-state index is 0.242. The number of rotatable bonds is 5. The van der Waals surface area contributed by atoms with E-state index in [1.54, 1.807) is 18.3 Å². The number of hydrogen-bond acceptors (Lipinski definition) is 2. The molecule has 0 bridgehead atoms. The summed E-state index contributed by atoms with van der Waals surface area (Å²) >= 11 is 5.85. The maximum absolute atomic E-state index is 13.5. The van der Waals surface area contributed by atoms with Crippen molar-refractivity contribution >= 4 is 11.6 Å². The Morgan fingerprint density at radius 3 is 2.84 bits per heavy atom. The molecule has 1 aromatic heterocycles. The molecule has 1 N–H and O–H groups in total. The van der Waals surface area contributed by atoms with E-state index in [2.05, 4.69) is 23.3 Å². The van der Waals surface area contributed by atoms with Gasteiger partial charge in [0.05, 0.1) is 5.69 Å². The van der Waals surface area contributed by atoms with Gasteiger partial charge in [-0.25, -0.2) is 4.39 Å². The average Bonchev–Trinajstić information content (AvgIpc) is 2.43. The van der Waals surface area contributed by atoms with E-state index in [-0.39, 0.29) is 5.82 Å². The topological polar surface area (TPSA) is 24.9 Å². The smallest absolute Gasteiger partial charge is 0.127 e. The Balaban J connectivity index is 1.98. The molecule has 0 aliphatic heterocycles. The first kappa shape index (κ1) is 14.0. The van der Waals surface area contributed by atoms with E-state index in [1.165, 1.54) is 11.6 Å². The van der Waals surface area contributed by atoms with Crippen LogP contribution in [0.15, 0.2) is 36.5 Å². The van der Waals surface area contributed by atoms with Gasteiger partial charge in [0.1, 0.15) is 5.82 Å². The van der Waals surface area contributed by atoms with Gasteiger partial charge in [0.2, 0.25) is 0 Å². The zero-order chi connectivity index (χ0) is 13.7. The van der Waals surface area contributed by atoms with E-state index in [4.69, 9.17) is 11.6 Å². The highest BCUT2D eigenvalue weighted by Gasteiger charge is 2.04. The summed E-state index contributed by atoms with van der Waals surface area (Å²) in [7, 11) is 0. The summed E-state index contributed by atoms with van der Waals surface area (Å²) in [4.78, 5) is 4.34. The van der Waals surface area contributed by atoms with Crippen LogP contribution < -0.4 is 5.32 Å². The number of halogens is 2. The fourth-order valence-electron chi connectivity index (χ4n) is 1.95. The van der Waals surface area contributed by atoms with Crippen molar-refractivity contribution in [1.82, 2.24) is 10.3 Å². The minimum atomic E-state index is -0.242. The van der Waals surface area contributed by atoms with Crippen LogP contribution in [0.5, 0.6) is 0 Å². The highest BCUT2D eigenvalue weighted by molar-refractivity contribution is 6.30. The maximum Gasteiger partial charge on any atom is 0.127 e. The number of pyridine rings is 1. The van der Waals surface area contributed by atoms with Crippen molar-refractivity contribution in [2.24, 2.45) is 0 Å². The molecule has 0 saturated heterocycles. The van der Waals surface area contributed by atoms with E-state index in [0.717, 1.165) is 12.1 Å². The van der Waals surface area contributed by atoms with Gasteiger partial charge in [-0.15, -0.1) is 0 Å². The monoisotopic (exact) mass is 278 g/mol. The van der Waals surface area contributed by atoms with Crippen LogP contribution in [0.4, 0.5) is 4.39 Å². The van der Waals surface area contributed by atoms with Crippen molar-refractivity contribution in [1.29, 1.82) is 0 Å². The predicted molar refractivity (Wildman–Crippen MR) is 75.6 cm³/mol. The molecule has 2 aromatic rings. The molecule has 0 saturated carbocycles. The van der Waals surface area contributed by atoms with Crippen LogP contribution in [0.1, 0.15) is 23.7 Å². The summed E-state index contributed by atoms with van der Waals surface area (Å²) in [5, 5.41) is 3.75. The number of aromatic nitrogens is 1. The van der Waals surface area contributed by atoms with E-state index in [0.29, 0.717) is 23.7 Å². The maximum atomic E-state index is 13.5. The third kappa shape index (κ3) is 3.75. The molecule has 0 amide bonds. The Morgan fingerprint density at radius 2 is 2.05 bits per heavy atom. The molecular weight excluding hydrogens is 263 g/mol. The zero-order valence-electron chi connectivity index (χ0n) is 10.8. The van der Waals surface area contributed by atoms with Gasteiger partial charge in [0.25, 0.3) is 0 Å². The number of hydrogen-bond donors (Lipinski definition) is 1. The molecule has 4 heteroatoms. The van der Waals surface area contributed by atoms with E-state index in [1.807, 2.05) is 6.07 Å². The number of nitrogens with zero attached hydrogens (tertiary/aromatic N) is 1. The van der Waals surface area contributed by atoms with Crippen LogP contribution in [0.25, 0.3) is 0 Å². The van der Waals surface area contributed by atoms with Gasteiger partial charge >= 0.3 is 0 Å². The van der Waals surface area contributed by atoms with Crippen LogP contribution in [-0.2, 0) is 19.5 Å². The lowest BCUT2D eigenvalue weighted by Gasteiger charge is -2.09. The normalized spacial score (nSPS) is 10.7. The SMILES string of the molecule is CCc1cccnc1CNCc1cc(Cl)ccc1F. The molecule has 19 heavy (non-hydrogen) atoms. The summed E-state index contributed by atoms with van der Waals surface area (Å²) in [6, 6.07) is 8.57. The Kier molecular flexibility index (Phi) is 4.88. The lowest BCUT2D eigenvalue weighted by Crippen LogP contribution is -2.16. The van der Waals surface area contributed by atoms with Gasteiger partial charge in [-0.05, 0) is 36.2 Å². The molecule has 0 fully saturated rings. The van der Waals surface area contributed by atoms with Crippen molar-refractivity contribution in [2.75, 3.05) is 0 Å². The number of aryl methyl sites for hydroxylation is 1. The second kappa shape index (κ2) is 6.64. The summed E-state index contributed by atoms with van der Waals surface area (Å²) in [5.74, 6) is -0.242. The lowest BCUT2D eigenvalue weighted by atomic mass is 10.1. The first-order valence-corrected chi connectivity index (χ1v) is 6.66. The highest BCUT2D eigenvalue weighted by Crippen LogP contribution is 2.15. The van der Waals surface area contributed by atoms with Crippen molar-refractivity contribution in [2.45, 2.75) is 26.4 Å². The molecule has 0 spiro atoms. The average molecular weight is 279 g/mol. The molecule has 0 aliphatic rings. The van der Waals surface area contributed by atoms with E-state index in [9.17, 15) is 4.39 Å². The van der Waals surface area contributed by atoms with Crippen LogP contribution in [-0.4, -0.2) is 4.98 Å². The van der Waals surface area contributed by atoms with Gasteiger partial charge in [0.15, 0.2) is 0 Å². The fourth-order valence-corrected chi connectivity index (χ4v) is 2.14. The molecule has 2 nitrogen and oxygen atoms in total. The highest BCUT2D eigenvalue weighted by atomic mass is 35.5. The molecule has 100 valence electrons. The summed E-state index contributed by atoms with van der Waals surface area (Å²) in [6.45, 7) is 3.15. The van der Waals surface area contributed by atoms with E-state index >= 15 is 0 Å². The van der Waals surface area contributed by atoms with Gasteiger partial charge < -0.3 is 5.32 Å². The third-order valence-corrected chi connectivity index (χ3v) is 3.22. The standard InChI is InChI=1S/C15H16ClFN2/c1-2-11-4-3-7-19-15(11)10-18-9-12-8-13(16)5-6-14(12)17/h3-8,18H,2,9-10H2,1H3.